The summed E-state index contributed by atoms with van der Waals surface area (Å²) in [6.45, 7) is 3.40. The summed E-state index contributed by atoms with van der Waals surface area (Å²) in [4.78, 5) is 13.6. The van der Waals surface area contributed by atoms with Crippen molar-refractivity contribution in [2.24, 2.45) is 17.6 Å². The highest BCUT2D eigenvalue weighted by atomic mass is 16.5. The van der Waals surface area contributed by atoms with Crippen LogP contribution in [0.4, 0.5) is 0 Å². The number of carbonyl (C=O) groups excluding carboxylic acids is 1. The van der Waals surface area contributed by atoms with Crippen LogP contribution >= 0.6 is 0 Å². The number of hydrogen-bond donors (Lipinski definition) is 2. The molecule has 4 rings (SSSR count). The van der Waals surface area contributed by atoms with Gasteiger partial charge in [-0.05, 0) is 62.8 Å². The van der Waals surface area contributed by atoms with Crippen LogP contribution in [0.5, 0.6) is 0 Å². The molecule has 1 aromatic carbocycles. The third-order valence-corrected chi connectivity index (χ3v) is 7.06. The first-order chi connectivity index (χ1) is 12.6. The normalized spacial score (nSPS) is 33.5. The zero-order chi connectivity index (χ0) is 18.1. The van der Waals surface area contributed by atoms with Gasteiger partial charge in [-0.25, -0.2) is 0 Å². The molecule has 142 valence electrons. The molecule has 3 N–H and O–H groups in total. The second kappa shape index (κ2) is 7.32. The lowest BCUT2D eigenvalue weighted by atomic mass is 9.66. The minimum atomic E-state index is -0.445. The predicted molar refractivity (Wildman–Crippen MR) is 103 cm³/mol. The van der Waals surface area contributed by atoms with E-state index in [1.54, 1.807) is 0 Å². The van der Waals surface area contributed by atoms with Crippen molar-refractivity contribution in [1.29, 1.82) is 0 Å². The molecule has 0 spiro atoms. The average molecular weight is 357 g/mol. The van der Waals surface area contributed by atoms with Crippen LogP contribution in [0.2, 0.25) is 0 Å². The van der Waals surface area contributed by atoms with Crippen LogP contribution in [0.25, 0.3) is 0 Å². The Hall–Kier alpha value is -1.39. The fourth-order valence-electron chi connectivity index (χ4n) is 5.55. The Morgan fingerprint density at radius 3 is 2.35 bits per heavy atom. The van der Waals surface area contributed by atoms with Gasteiger partial charge in [0, 0.05) is 25.3 Å². The van der Waals surface area contributed by atoms with Crippen molar-refractivity contribution in [3.63, 3.8) is 0 Å². The largest absolute Gasteiger partial charge is 0.381 e. The predicted octanol–water partition coefficient (Wildman–Crippen LogP) is 3.07. The molecule has 2 bridgehead atoms. The third kappa shape index (κ3) is 3.29. The van der Waals surface area contributed by atoms with Crippen molar-refractivity contribution < 1.29 is 9.53 Å². The highest BCUT2D eigenvalue weighted by Gasteiger charge is 2.46. The summed E-state index contributed by atoms with van der Waals surface area (Å²) in [7, 11) is 0. The highest BCUT2D eigenvalue weighted by Crippen LogP contribution is 2.41. The Morgan fingerprint density at radius 1 is 1.12 bits per heavy atom. The Labute approximate surface area is 156 Å². The van der Waals surface area contributed by atoms with Gasteiger partial charge in [0.2, 0.25) is 5.91 Å². The first-order valence-electron chi connectivity index (χ1n) is 10.3. The van der Waals surface area contributed by atoms with Gasteiger partial charge in [0.1, 0.15) is 0 Å². The first kappa shape index (κ1) is 18.0. The molecule has 2 unspecified atom stereocenters. The molecule has 2 saturated carbocycles. The average Bonchev–Trinajstić information content (AvgIpc) is 2.63. The fraction of sp³-hybridized carbons (Fsp3) is 0.682. The van der Waals surface area contributed by atoms with Crippen LogP contribution in [0, 0.1) is 18.8 Å². The summed E-state index contributed by atoms with van der Waals surface area (Å²) in [5.74, 6) is 1.31. The summed E-state index contributed by atoms with van der Waals surface area (Å²) in [6, 6.07) is 9.13. The molecule has 0 radical (unpaired) electrons. The standard InChI is InChI=1S/C22H32N2O2/c1-15-5-7-18(8-6-15)22(9-11-26-12-10-22)21(25)24-20-16-3-2-4-17(20)14-19(23)13-16/h5-8,16-17,19-20H,2-4,9-14,23H2,1H3,(H,24,25). The summed E-state index contributed by atoms with van der Waals surface area (Å²) >= 11 is 0. The summed E-state index contributed by atoms with van der Waals surface area (Å²) in [5, 5.41) is 3.52. The maximum absolute atomic E-state index is 13.6. The molecule has 3 fully saturated rings. The number of nitrogens with two attached hydrogens (primary N) is 1. The van der Waals surface area contributed by atoms with Gasteiger partial charge in [-0.2, -0.15) is 0 Å². The fourth-order valence-corrected chi connectivity index (χ4v) is 5.55. The van der Waals surface area contributed by atoms with Crippen molar-refractivity contribution >= 4 is 5.91 Å². The molecule has 26 heavy (non-hydrogen) atoms. The molecule has 1 amide bonds. The lowest BCUT2D eigenvalue weighted by molar-refractivity contribution is -0.133. The van der Waals surface area contributed by atoms with Gasteiger partial charge in [-0.3, -0.25) is 4.79 Å². The quantitative estimate of drug-likeness (QED) is 0.875. The Bertz CT molecular complexity index is 622. The number of amides is 1. The third-order valence-electron chi connectivity index (χ3n) is 7.06. The van der Waals surface area contributed by atoms with Gasteiger partial charge in [-0.1, -0.05) is 36.2 Å². The van der Waals surface area contributed by atoms with E-state index in [4.69, 9.17) is 10.5 Å². The van der Waals surface area contributed by atoms with Crippen LogP contribution < -0.4 is 11.1 Å². The monoisotopic (exact) mass is 356 g/mol. The Kier molecular flexibility index (Phi) is 5.07. The number of benzene rings is 1. The number of carbonyl (C=O) groups is 1. The zero-order valence-electron chi connectivity index (χ0n) is 15.9. The maximum Gasteiger partial charge on any atom is 0.231 e. The number of ether oxygens (including phenoxy) is 1. The second-order valence-corrected chi connectivity index (χ2v) is 8.74. The van der Waals surface area contributed by atoms with Gasteiger partial charge in [0.25, 0.3) is 0 Å². The highest BCUT2D eigenvalue weighted by molar-refractivity contribution is 5.88. The molecular weight excluding hydrogens is 324 g/mol. The number of aryl methyl sites for hydroxylation is 1. The Balaban J connectivity index is 1.58. The maximum atomic E-state index is 13.6. The van der Waals surface area contributed by atoms with Crippen molar-refractivity contribution in [3.05, 3.63) is 35.4 Å². The van der Waals surface area contributed by atoms with E-state index in [1.165, 1.54) is 24.8 Å². The molecule has 1 aromatic rings. The molecule has 4 heteroatoms. The minimum absolute atomic E-state index is 0.210. The molecule has 1 saturated heterocycles. The zero-order valence-corrected chi connectivity index (χ0v) is 15.9. The van der Waals surface area contributed by atoms with E-state index in [1.807, 2.05) is 0 Å². The topological polar surface area (TPSA) is 64.4 Å². The molecule has 1 heterocycles. The van der Waals surface area contributed by atoms with Gasteiger partial charge in [0.05, 0.1) is 5.41 Å². The van der Waals surface area contributed by atoms with Crippen LogP contribution in [0.3, 0.4) is 0 Å². The number of nitrogens with one attached hydrogen (secondary N) is 1. The number of rotatable bonds is 3. The molecule has 3 aliphatic rings. The van der Waals surface area contributed by atoms with Crippen LogP contribution in [-0.4, -0.2) is 31.2 Å². The van der Waals surface area contributed by atoms with E-state index >= 15 is 0 Å². The Morgan fingerprint density at radius 2 is 1.73 bits per heavy atom. The van der Waals surface area contributed by atoms with E-state index in [0.717, 1.165) is 31.2 Å². The minimum Gasteiger partial charge on any atom is -0.381 e. The summed E-state index contributed by atoms with van der Waals surface area (Å²) in [5.41, 5.74) is 8.19. The first-order valence-corrected chi connectivity index (χ1v) is 10.3. The van der Waals surface area contributed by atoms with Crippen molar-refractivity contribution in [2.45, 2.75) is 69.4 Å². The van der Waals surface area contributed by atoms with Crippen molar-refractivity contribution in [3.8, 4) is 0 Å². The van der Waals surface area contributed by atoms with E-state index in [-0.39, 0.29) is 5.91 Å². The lowest BCUT2D eigenvalue weighted by Crippen LogP contribution is -2.58. The molecule has 1 aliphatic heterocycles. The van der Waals surface area contributed by atoms with Crippen molar-refractivity contribution in [1.82, 2.24) is 5.32 Å². The van der Waals surface area contributed by atoms with Gasteiger partial charge in [-0.15, -0.1) is 0 Å². The SMILES string of the molecule is Cc1ccc(C2(C(=O)NC3C4CCCC3CC(N)C4)CCOCC2)cc1. The van der Waals surface area contributed by atoms with E-state index in [0.29, 0.717) is 37.1 Å². The van der Waals surface area contributed by atoms with Gasteiger partial charge in [0.15, 0.2) is 0 Å². The van der Waals surface area contributed by atoms with Crippen LogP contribution in [0.1, 0.15) is 56.1 Å². The summed E-state index contributed by atoms with van der Waals surface area (Å²) < 4.78 is 5.60. The van der Waals surface area contributed by atoms with E-state index < -0.39 is 5.41 Å². The molecule has 2 atom stereocenters. The molecule has 0 aromatic heterocycles. The molecule has 2 aliphatic carbocycles. The lowest BCUT2D eigenvalue weighted by Gasteiger charge is -2.47. The van der Waals surface area contributed by atoms with Crippen LogP contribution in [-0.2, 0) is 14.9 Å². The summed E-state index contributed by atoms with van der Waals surface area (Å²) in [6.07, 6.45) is 7.34. The van der Waals surface area contributed by atoms with Crippen LogP contribution in [0.15, 0.2) is 24.3 Å². The second-order valence-electron chi connectivity index (χ2n) is 8.74. The van der Waals surface area contributed by atoms with E-state index in [2.05, 4.69) is 36.5 Å². The smallest absolute Gasteiger partial charge is 0.231 e. The van der Waals surface area contributed by atoms with E-state index in [9.17, 15) is 4.79 Å². The number of fused-ring (bicyclic) bond motifs is 2. The van der Waals surface area contributed by atoms with Gasteiger partial charge >= 0.3 is 0 Å². The van der Waals surface area contributed by atoms with Crippen molar-refractivity contribution in [2.75, 3.05) is 13.2 Å². The molecule has 4 nitrogen and oxygen atoms in total. The number of hydrogen-bond acceptors (Lipinski definition) is 3. The molecular formula is C22H32N2O2. The van der Waals surface area contributed by atoms with Gasteiger partial charge < -0.3 is 15.8 Å².